The Hall–Kier alpha value is -2.60. The molecule has 0 aliphatic carbocycles. The number of hydrogen-bond donors (Lipinski definition) is 1. The van der Waals surface area contributed by atoms with E-state index in [0.717, 1.165) is 33.5 Å². The fraction of sp³-hybridized carbons (Fsp3) is 0.263. The summed E-state index contributed by atoms with van der Waals surface area (Å²) < 4.78 is 11.2. The van der Waals surface area contributed by atoms with E-state index in [1.165, 1.54) is 11.3 Å². The van der Waals surface area contributed by atoms with Crippen LogP contribution in [0, 0.1) is 13.8 Å². The number of rotatable bonds is 7. The highest BCUT2D eigenvalue weighted by Crippen LogP contribution is 2.25. The van der Waals surface area contributed by atoms with Crippen molar-refractivity contribution >= 4 is 17.2 Å². The minimum atomic E-state index is -0.0692. The van der Waals surface area contributed by atoms with Crippen molar-refractivity contribution in [2.24, 2.45) is 0 Å². The van der Waals surface area contributed by atoms with Gasteiger partial charge in [-0.25, -0.2) is 4.98 Å². The van der Waals surface area contributed by atoms with Crippen LogP contribution in [0.1, 0.15) is 17.0 Å². The molecule has 0 spiro atoms. The Balaban J connectivity index is 1.43. The minimum absolute atomic E-state index is 0.0692. The molecule has 3 aromatic rings. The number of carbonyl (C=O) groups is 1. The lowest BCUT2D eigenvalue weighted by Crippen LogP contribution is -2.29. The first-order valence-electron chi connectivity index (χ1n) is 8.07. The lowest BCUT2D eigenvalue weighted by atomic mass is 10.2. The van der Waals surface area contributed by atoms with E-state index in [0.29, 0.717) is 13.2 Å². The molecule has 6 heteroatoms. The van der Waals surface area contributed by atoms with Crippen molar-refractivity contribution in [2.45, 2.75) is 20.3 Å². The molecule has 25 heavy (non-hydrogen) atoms. The monoisotopic (exact) mass is 356 g/mol. The van der Waals surface area contributed by atoms with E-state index < -0.39 is 0 Å². The number of amides is 1. The molecular weight excluding hydrogens is 336 g/mol. The zero-order valence-corrected chi connectivity index (χ0v) is 15.1. The van der Waals surface area contributed by atoms with E-state index in [1.54, 1.807) is 0 Å². The van der Waals surface area contributed by atoms with E-state index >= 15 is 0 Å². The van der Waals surface area contributed by atoms with E-state index in [9.17, 15) is 4.79 Å². The Morgan fingerprint density at radius 2 is 2.16 bits per heavy atom. The molecule has 2 heterocycles. The van der Waals surface area contributed by atoms with E-state index in [4.69, 9.17) is 9.15 Å². The Morgan fingerprint density at radius 1 is 1.28 bits per heavy atom. The number of aromatic nitrogens is 1. The van der Waals surface area contributed by atoms with E-state index in [1.807, 2.05) is 55.6 Å². The largest absolute Gasteiger partial charge is 0.492 e. The fourth-order valence-electron chi connectivity index (χ4n) is 2.34. The van der Waals surface area contributed by atoms with Crippen molar-refractivity contribution in [2.75, 3.05) is 13.2 Å². The van der Waals surface area contributed by atoms with Gasteiger partial charge in [0, 0.05) is 5.38 Å². The second-order valence-electron chi connectivity index (χ2n) is 5.75. The standard InChI is InChI=1S/C19H20N2O3S/c1-13-4-3-5-16(10-13)23-9-8-20-18(22)11-15-12-25-19(21-15)17-7-6-14(2)24-17/h3-7,10,12H,8-9,11H2,1-2H3,(H,20,22). The molecule has 5 nitrogen and oxygen atoms in total. The zero-order chi connectivity index (χ0) is 17.6. The van der Waals surface area contributed by atoms with Crippen molar-refractivity contribution in [3.63, 3.8) is 0 Å². The summed E-state index contributed by atoms with van der Waals surface area (Å²) in [7, 11) is 0. The summed E-state index contributed by atoms with van der Waals surface area (Å²) in [5.41, 5.74) is 1.89. The van der Waals surface area contributed by atoms with Crippen molar-refractivity contribution in [1.29, 1.82) is 0 Å². The highest BCUT2D eigenvalue weighted by Gasteiger charge is 2.11. The summed E-state index contributed by atoms with van der Waals surface area (Å²) in [5, 5.41) is 5.52. The number of nitrogens with one attached hydrogen (secondary N) is 1. The van der Waals surface area contributed by atoms with E-state index in [-0.39, 0.29) is 12.3 Å². The maximum atomic E-state index is 12.0. The molecule has 1 amide bonds. The minimum Gasteiger partial charge on any atom is -0.492 e. The molecular formula is C19H20N2O3S. The van der Waals surface area contributed by atoms with Gasteiger partial charge in [0.1, 0.15) is 18.1 Å². The lowest BCUT2D eigenvalue weighted by Gasteiger charge is -2.07. The molecule has 2 aromatic heterocycles. The zero-order valence-electron chi connectivity index (χ0n) is 14.2. The lowest BCUT2D eigenvalue weighted by molar-refractivity contribution is -0.120. The number of benzene rings is 1. The molecule has 0 bridgehead atoms. The van der Waals surface area contributed by atoms with Crippen LogP contribution in [0.2, 0.25) is 0 Å². The summed E-state index contributed by atoms with van der Waals surface area (Å²) in [5.74, 6) is 2.33. The Morgan fingerprint density at radius 3 is 2.92 bits per heavy atom. The van der Waals surface area contributed by atoms with Crippen LogP contribution < -0.4 is 10.1 Å². The molecule has 0 aliphatic heterocycles. The van der Waals surface area contributed by atoms with Gasteiger partial charge in [-0.3, -0.25) is 4.79 Å². The van der Waals surface area contributed by atoms with Gasteiger partial charge in [-0.15, -0.1) is 11.3 Å². The van der Waals surface area contributed by atoms with Crippen molar-refractivity contribution in [3.05, 3.63) is 58.8 Å². The maximum absolute atomic E-state index is 12.0. The van der Waals surface area contributed by atoms with Crippen LogP contribution in [0.15, 0.2) is 46.2 Å². The van der Waals surface area contributed by atoms with Crippen LogP contribution in [0.4, 0.5) is 0 Å². The molecule has 0 atom stereocenters. The first-order valence-corrected chi connectivity index (χ1v) is 8.95. The SMILES string of the molecule is Cc1cccc(OCCNC(=O)Cc2csc(-c3ccc(C)o3)n2)c1. The number of nitrogens with zero attached hydrogens (tertiary/aromatic N) is 1. The fourth-order valence-corrected chi connectivity index (χ4v) is 3.12. The highest BCUT2D eigenvalue weighted by molar-refractivity contribution is 7.13. The van der Waals surface area contributed by atoms with Gasteiger partial charge in [0.05, 0.1) is 18.7 Å². The topological polar surface area (TPSA) is 64.4 Å². The second-order valence-corrected chi connectivity index (χ2v) is 6.60. The number of furan rings is 1. The second kappa shape index (κ2) is 7.98. The third-order valence-electron chi connectivity index (χ3n) is 3.53. The highest BCUT2D eigenvalue weighted by atomic mass is 32.1. The molecule has 0 saturated carbocycles. The quantitative estimate of drug-likeness (QED) is 0.655. The average molecular weight is 356 g/mol. The first-order chi connectivity index (χ1) is 12.1. The summed E-state index contributed by atoms with van der Waals surface area (Å²) in [6.45, 7) is 4.80. The van der Waals surface area contributed by atoms with Crippen LogP contribution in [0.5, 0.6) is 5.75 Å². The Kier molecular flexibility index (Phi) is 5.50. The van der Waals surface area contributed by atoms with Gasteiger partial charge in [-0.1, -0.05) is 12.1 Å². The van der Waals surface area contributed by atoms with Crippen molar-refractivity contribution in [1.82, 2.24) is 10.3 Å². The first kappa shape index (κ1) is 17.2. The smallest absolute Gasteiger partial charge is 0.226 e. The van der Waals surface area contributed by atoms with Gasteiger partial charge in [0.25, 0.3) is 0 Å². The van der Waals surface area contributed by atoms with Crippen LogP contribution in [-0.2, 0) is 11.2 Å². The summed E-state index contributed by atoms with van der Waals surface area (Å²) >= 11 is 1.48. The molecule has 3 rings (SSSR count). The summed E-state index contributed by atoms with van der Waals surface area (Å²) in [4.78, 5) is 16.5. The molecule has 0 saturated heterocycles. The van der Waals surface area contributed by atoms with Gasteiger partial charge in [0.15, 0.2) is 10.8 Å². The number of aryl methyl sites for hydroxylation is 2. The van der Waals surface area contributed by atoms with Gasteiger partial charge in [0.2, 0.25) is 5.91 Å². The number of ether oxygens (including phenoxy) is 1. The molecule has 0 aliphatic rings. The van der Waals surface area contributed by atoms with Crippen LogP contribution in [0.25, 0.3) is 10.8 Å². The molecule has 0 fully saturated rings. The number of hydrogen-bond acceptors (Lipinski definition) is 5. The predicted octanol–water partition coefficient (Wildman–Crippen LogP) is 3.76. The van der Waals surface area contributed by atoms with Crippen LogP contribution in [0.3, 0.4) is 0 Å². The molecule has 130 valence electrons. The van der Waals surface area contributed by atoms with Gasteiger partial charge < -0.3 is 14.5 Å². The van der Waals surface area contributed by atoms with Gasteiger partial charge in [-0.2, -0.15) is 0 Å². The average Bonchev–Trinajstić information content (AvgIpc) is 3.20. The van der Waals surface area contributed by atoms with Gasteiger partial charge in [-0.05, 0) is 43.7 Å². The Labute approximate surface area is 150 Å². The molecule has 1 aromatic carbocycles. The normalized spacial score (nSPS) is 10.6. The molecule has 0 unspecified atom stereocenters. The summed E-state index contributed by atoms with van der Waals surface area (Å²) in [6.07, 6.45) is 0.251. The third-order valence-corrected chi connectivity index (χ3v) is 4.43. The van der Waals surface area contributed by atoms with Crippen molar-refractivity contribution in [3.8, 4) is 16.5 Å². The number of carbonyl (C=O) groups excluding carboxylic acids is 1. The predicted molar refractivity (Wildman–Crippen MR) is 97.9 cm³/mol. The van der Waals surface area contributed by atoms with Crippen LogP contribution >= 0.6 is 11.3 Å². The molecule has 0 radical (unpaired) electrons. The number of thiazole rings is 1. The van der Waals surface area contributed by atoms with Crippen LogP contribution in [-0.4, -0.2) is 24.0 Å². The summed E-state index contributed by atoms with van der Waals surface area (Å²) in [6, 6.07) is 11.6. The van der Waals surface area contributed by atoms with Crippen molar-refractivity contribution < 1.29 is 13.9 Å². The van der Waals surface area contributed by atoms with E-state index in [2.05, 4.69) is 10.3 Å². The third kappa shape index (κ3) is 4.93. The van der Waals surface area contributed by atoms with Gasteiger partial charge >= 0.3 is 0 Å². The maximum Gasteiger partial charge on any atom is 0.226 e. The molecule has 1 N–H and O–H groups in total. The Bertz CT molecular complexity index is 854.